The zero-order valence-electron chi connectivity index (χ0n) is 9.86. The van der Waals surface area contributed by atoms with E-state index in [4.69, 9.17) is 28.9 Å². The number of halogens is 2. The number of hydrogen-bond acceptors (Lipinski definition) is 3. The number of nitrogens with zero attached hydrogens (tertiary/aromatic N) is 1. The lowest BCUT2D eigenvalue weighted by atomic mass is 10.1. The third-order valence-corrected chi connectivity index (χ3v) is 3.73. The highest BCUT2D eigenvalue weighted by molar-refractivity contribution is 6.35. The predicted octanol–water partition coefficient (Wildman–Crippen LogP) is 1.37. The van der Waals surface area contributed by atoms with Crippen LogP contribution in [0.1, 0.15) is 17.2 Å². The van der Waals surface area contributed by atoms with Crippen LogP contribution in [-0.2, 0) is 11.2 Å². The zero-order chi connectivity index (χ0) is 13.4. The van der Waals surface area contributed by atoms with E-state index in [1.165, 1.54) is 0 Å². The number of amides is 1. The Balaban J connectivity index is 2.38. The van der Waals surface area contributed by atoms with Crippen molar-refractivity contribution in [3.05, 3.63) is 33.3 Å². The summed E-state index contributed by atoms with van der Waals surface area (Å²) in [5.74, 6) is -0.439. The Morgan fingerprint density at radius 3 is 2.83 bits per heavy atom. The highest BCUT2D eigenvalue weighted by atomic mass is 35.5. The molecule has 0 spiro atoms. The number of hydrogen-bond donors (Lipinski definition) is 2. The number of likely N-dealkylation sites (N-methyl/N-ethyl adjacent to an activating group) is 1. The van der Waals surface area contributed by atoms with Gasteiger partial charge in [0.15, 0.2) is 0 Å². The SMILES string of the molecule is CN(CC(N)=O)[C@@H]1c2cc(Cl)cc(Cl)c2C[C@@H]1O. The molecule has 0 fully saturated rings. The Labute approximate surface area is 115 Å². The summed E-state index contributed by atoms with van der Waals surface area (Å²) < 4.78 is 0. The van der Waals surface area contributed by atoms with Crippen molar-refractivity contribution in [1.29, 1.82) is 0 Å². The average molecular weight is 289 g/mol. The molecule has 6 heteroatoms. The summed E-state index contributed by atoms with van der Waals surface area (Å²) >= 11 is 12.1. The molecule has 1 aromatic rings. The number of carbonyl (C=O) groups excluding carboxylic acids is 1. The quantitative estimate of drug-likeness (QED) is 0.883. The van der Waals surface area contributed by atoms with Gasteiger partial charge in [-0.05, 0) is 30.3 Å². The molecule has 0 heterocycles. The van der Waals surface area contributed by atoms with Crippen molar-refractivity contribution in [1.82, 2.24) is 4.90 Å². The van der Waals surface area contributed by atoms with E-state index in [9.17, 15) is 9.90 Å². The van der Waals surface area contributed by atoms with Gasteiger partial charge in [-0.1, -0.05) is 23.2 Å². The summed E-state index contributed by atoms with van der Waals surface area (Å²) in [6.07, 6.45) is -0.153. The number of rotatable bonds is 3. The number of carbonyl (C=O) groups is 1. The molecular formula is C12H14Cl2N2O2. The van der Waals surface area contributed by atoms with E-state index >= 15 is 0 Å². The maximum absolute atomic E-state index is 11.0. The van der Waals surface area contributed by atoms with Crippen LogP contribution in [0.4, 0.5) is 0 Å². The van der Waals surface area contributed by atoms with Crippen LogP contribution in [0.5, 0.6) is 0 Å². The fourth-order valence-corrected chi connectivity index (χ4v) is 3.09. The monoisotopic (exact) mass is 288 g/mol. The lowest BCUT2D eigenvalue weighted by Crippen LogP contribution is -2.37. The summed E-state index contributed by atoms with van der Waals surface area (Å²) in [6, 6.07) is 3.13. The van der Waals surface area contributed by atoms with E-state index in [2.05, 4.69) is 0 Å². The van der Waals surface area contributed by atoms with E-state index < -0.39 is 12.0 Å². The van der Waals surface area contributed by atoms with Crippen molar-refractivity contribution < 1.29 is 9.90 Å². The van der Waals surface area contributed by atoms with Crippen LogP contribution in [0.25, 0.3) is 0 Å². The van der Waals surface area contributed by atoms with Crippen LogP contribution >= 0.6 is 23.2 Å². The van der Waals surface area contributed by atoms with Crippen LogP contribution in [0.3, 0.4) is 0 Å². The Hall–Kier alpha value is -0.810. The number of nitrogens with two attached hydrogens (primary N) is 1. The minimum absolute atomic E-state index is 0.0747. The minimum atomic E-state index is -0.611. The molecule has 0 saturated heterocycles. The molecule has 0 unspecified atom stereocenters. The van der Waals surface area contributed by atoms with Crippen LogP contribution in [-0.4, -0.2) is 35.6 Å². The molecule has 1 aliphatic carbocycles. The average Bonchev–Trinajstić information content (AvgIpc) is 2.53. The van der Waals surface area contributed by atoms with Gasteiger partial charge in [0, 0.05) is 16.5 Å². The number of fused-ring (bicyclic) bond motifs is 1. The van der Waals surface area contributed by atoms with Crippen LogP contribution < -0.4 is 5.73 Å². The molecule has 18 heavy (non-hydrogen) atoms. The molecule has 0 bridgehead atoms. The second kappa shape index (κ2) is 5.05. The van der Waals surface area contributed by atoms with Gasteiger partial charge < -0.3 is 10.8 Å². The number of primary amides is 1. The second-order valence-corrected chi connectivity index (χ2v) is 5.40. The van der Waals surface area contributed by atoms with Crippen molar-refractivity contribution >= 4 is 29.1 Å². The smallest absolute Gasteiger partial charge is 0.231 e. The van der Waals surface area contributed by atoms with E-state index in [-0.39, 0.29) is 12.6 Å². The molecule has 3 N–H and O–H groups in total. The molecule has 1 aliphatic rings. The van der Waals surface area contributed by atoms with Gasteiger partial charge >= 0.3 is 0 Å². The van der Waals surface area contributed by atoms with Gasteiger partial charge in [0.25, 0.3) is 0 Å². The molecule has 1 aromatic carbocycles. The first-order valence-corrected chi connectivity index (χ1v) is 6.30. The van der Waals surface area contributed by atoms with Crippen molar-refractivity contribution in [2.45, 2.75) is 18.6 Å². The standard InChI is InChI=1S/C12H14Cl2N2O2/c1-16(5-11(15)18)12-8-2-6(13)3-9(14)7(8)4-10(12)17/h2-3,10,12,17H,4-5H2,1H3,(H2,15,18)/t10-,12+/m0/s1. The van der Waals surface area contributed by atoms with Crippen molar-refractivity contribution in [3.8, 4) is 0 Å². The van der Waals surface area contributed by atoms with Crippen LogP contribution in [0.2, 0.25) is 10.0 Å². The van der Waals surface area contributed by atoms with E-state index in [1.54, 1.807) is 24.1 Å². The van der Waals surface area contributed by atoms with E-state index in [1.807, 2.05) is 0 Å². The minimum Gasteiger partial charge on any atom is -0.391 e. The van der Waals surface area contributed by atoms with Gasteiger partial charge in [-0.15, -0.1) is 0 Å². The first kappa shape index (κ1) is 13.6. The highest BCUT2D eigenvalue weighted by Gasteiger charge is 2.35. The van der Waals surface area contributed by atoms with Gasteiger partial charge in [0.05, 0.1) is 18.7 Å². The predicted molar refractivity (Wildman–Crippen MR) is 70.7 cm³/mol. The maximum Gasteiger partial charge on any atom is 0.231 e. The van der Waals surface area contributed by atoms with Crippen molar-refractivity contribution in [2.75, 3.05) is 13.6 Å². The summed E-state index contributed by atoms with van der Waals surface area (Å²) in [6.45, 7) is 0.0747. The van der Waals surface area contributed by atoms with Crippen LogP contribution in [0, 0.1) is 0 Å². The molecule has 1 amide bonds. The molecule has 2 atom stereocenters. The summed E-state index contributed by atoms with van der Waals surface area (Å²) in [7, 11) is 1.74. The molecule has 0 saturated carbocycles. The fraction of sp³-hybridized carbons (Fsp3) is 0.417. The zero-order valence-corrected chi connectivity index (χ0v) is 11.4. The molecular weight excluding hydrogens is 275 g/mol. The van der Waals surface area contributed by atoms with Crippen molar-refractivity contribution in [2.24, 2.45) is 5.73 Å². The third-order valence-electron chi connectivity index (χ3n) is 3.17. The van der Waals surface area contributed by atoms with Gasteiger partial charge in [-0.2, -0.15) is 0 Å². The Bertz CT molecular complexity index is 493. The summed E-state index contributed by atoms with van der Waals surface area (Å²) in [5, 5.41) is 11.2. The van der Waals surface area contributed by atoms with Crippen LogP contribution in [0.15, 0.2) is 12.1 Å². The van der Waals surface area contributed by atoms with E-state index in [0.29, 0.717) is 16.5 Å². The number of benzene rings is 1. The lowest BCUT2D eigenvalue weighted by Gasteiger charge is -2.26. The largest absolute Gasteiger partial charge is 0.391 e. The molecule has 0 aromatic heterocycles. The molecule has 0 radical (unpaired) electrons. The second-order valence-electron chi connectivity index (χ2n) is 4.55. The summed E-state index contributed by atoms with van der Waals surface area (Å²) in [4.78, 5) is 12.7. The maximum atomic E-state index is 11.0. The Morgan fingerprint density at radius 2 is 2.22 bits per heavy atom. The highest BCUT2D eigenvalue weighted by Crippen LogP contribution is 2.40. The Kier molecular flexibility index (Phi) is 3.82. The molecule has 2 rings (SSSR count). The van der Waals surface area contributed by atoms with Gasteiger partial charge in [0.1, 0.15) is 0 Å². The first-order chi connectivity index (χ1) is 8.40. The lowest BCUT2D eigenvalue weighted by molar-refractivity contribution is -0.119. The first-order valence-electron chi connectivity index (χ1n) is 5.54. The van der Waals surface area contributed by atoms with Gasteiger partial charge in [-0.3, -0.25) is 9.69 Å². The van der Waals surface area contributed by atoms with E-state index in [0.717, 1.165) is 11.1 Å². The van der Waals surface area contributed by atoms with Crippen molar-refractivity contribution in [3.63, 3.8) is 0 Å². The molecule has 0 aliphatic heterocycles. The molecule has 4 nitrogen and oxygen atoms in total. The Morgan fingerprint density at radius 1 is 1.56 bits per heavy atom. The normalized spacial score (nSPS) is 22.3. The topological polar surface area (TPSA) is 66.6 Å². The molecule has 98 valence electrons. The fourth-order valence-electron chi connectivity index (χ4n) is 2.51. The summed E-state index contributed by atoms with van der Waals surface area (Å²) in [5.41, 5.74) is 6.92. The number of aliphatic hydroxyl groups excluding tert-OH is 1. The third kappa shape index (κ3) is 2.47. The van der Waals surface area contributed by atoms with Gasteiger partial charge in [-0.25, -0.2) is 0 Å². The number of aliphatic hydroxyl groups is 1. The van der Waals surface area contributed by atoms with Gasteiger partial charge in [0.2, 0.25) is 5.91 Å².